The molecular formula is C24H21BrN2O4. The molecule has 158 valence electrons. The van der Waals surface area contributed by atoms with Crippen LogP contribution in [0.5, 0.6) is 23.0 Å². The Labute approximate surface area is 188 Å². The Hall–Kier alpha value is -3.19. The lowest BCUT2D eigenvalue weighted by Gasteiger charge is -2.38. The second kappa shape index (κ2) is 7.81. The lowest BCUT2D eigenvalue weighted by atomic mass is 9.95. The third-order valence-electron chi connectivity index (χ3n) is 5.67. The summed E-state index contributed by atoms with van der Waals surface area (Å²) in [5, 5.41) is 17.4. The van der Waals surface area contributed by atoms with Crippen LogP contribution < -0.4 is 14.2 Å². The molecule has 3 aromatic carbocycles. The second-order valence-electron chi connectivity index (χ2n) is 7.43. The molecular weight excluding hydrogens is 460 g/mol. The van der Waals surface area contributed by atoms with Crippen molar-refractivity contribution in [2.45, 2.75) is 18.7 Å². The van der Waals surface area contributed by atoms with Gasteiger partial charge >= 0.3 is 0 Å². The standard InChI is InChI=1S/C24H21BrN2O4/c1-29-22-10-7-14(11-23(22)30-2)18-13-19-16-5-3-4-6-21(16)31-24(27(19)26-18)17-12-15(25)8-9-20(17)28/h3-12,19,24,28H,13H2,1-2H3/t19-,24+/m0/s1. The Balaban J connectivity index is 1.60. The van der Waals surface area contributed by atoms with Gasteiger partial charge in [-0.15, -0.1) is 0 Å². The first-order valence-electron chi connectivity index (χ1n) is 9.91. The van der Waals surface area contributed by atoms with E-state index in [0.717, 1.165) is 27.1 Å². The van der Waals surface area contributed by atoms with Crippen LogP contribution in [0.2, 0.25) is 0 Å². The van der Waals surface area contributed by atoms with Crippen molar-refractivity contribution < 1.29 is 19.3 Å². The van der Waals surface area contributed by atoms with Crippen LogP contribution in [0.15, 0.2) is 70.2 Å². The van der Waals surface area contributed by atoms with E-state index in [1.807, 2.05) is 47.5 Å². The van der Waals surface area contributed by atoms with E-state index in [0.29, 0.717) is 23.5 Å². The van der Waals surface area contributed by atoms with Crippen LogP contribution in [0, 0.1) is 0 Å². The summed E-state index contributed by atoms with van der Waals surface area (Å²) in [5.74, 6) is 2.30. The van der Waals surface area contributed by atoms with E-state index in [9.17, 15) is 5.11 Å². The number of rotatable bonds is 4. The Morgan fingerprint density at radius 1 is 1.00 bits per heavy atom. The third kappa shape index (κ3) is 3.39. The van der Waals surface area contributed by atoms with Crippen molar-refractivity contribution in [2.24, 2.45) is 5.10 Å². The number of aromatic hydroxyl groups is 1. The molecule has 6 nitrogen and oxygen atoms in total. The molecule has 31 heavy (non-hydrogen) atoms. The number of nitrogens with zero attached hydrogens (tertiary/aromatic N) is 2. The van der Waals surface area contributed by atoms with Crippen molar-refractivity contribution in [1.82, 2.24) is 5.01 Å². The Kier molecular flexibility index (Phi) is 4.98. The van der Waals surface area contributed by atoms with E-state index in [1.165, 1.54) is 0 Å². The topological polar surface area (TPSA) is 63.5 Å². The fourth-order valence-corrected chi connectivity index (χ4v) is 4.53. The van der Waals surface area contributed by atoms with Gasteiger partial charge in [-0.05, 0) is 42.5 Å². The minimum absolute atomic E-state index is 0.00331. The molecule has 0 spiro atoms. The molecule has 2 aliphatic heterocycles. The maximum Gasteiger partial charge on any atom is 0.217 e. The van der Waals surface area contributed by atoms with Crippen LogP contribution >= 0.6 is 15.9 Å². The molecule has 2 aliphatic rings. The molecule has 0 fully saturated rings. The van der Waals surface area contributed by atoms with Crippen LogP contribution in [0.3, 0.4) is 0 Å². The highest BCUT2D eigenvalue weighted by Gasteiger charge is 2.41. The predicted octanol–water partition coefficient (Wildman–Crippen LogP) is 5.41. The van der Waals surface area contributed by atoms with Crippen LogP contribution in [-0.2, 0) is 0 Å². The molecule has 0 unspecified atom stereocenters. The molecule has 0 radical (unpaired) electrons. The highest BCUT2D eigenvalue weighted by Crippen LogP contribution is 2.49. The summed E-state index contributed by atoms with van der Waals surface area (Å²) in [4.78, 5) is 0. The van der Waals surface area contributed by atoms with Crippen molar-refractivity contribution in [3.05, 3.63) is 81.8 Å². The number of hydrogen-bond donors (Lipinski definition) is 1. The molecule has 7 heteroatoms. The van der Waals surface area contributed by atoms with Gasteiger partial charge in [0.2, 0.25) is 6.23 Å². The van der Waals surface area contributed by atoms with Gasteiger partial charge in [0.1, 0.15) is 11.5 Å². The summed E-state index contributed by atoms with van der Waals surface area (Å²) in [7, 11) is 3.24. The maximum atomic E-state index is 10.6. The molecule has 2 heterocycles. The van der Waals surface area contributed by atoms with Crippen LogP contribution in [0.1, 0.15) is 35.4 Å². The van der Waals surface area contributed by atoms with Crippen LogP contribution in [0.25, 0.3) is 0 Å². The monoisotopic (exact) mass is 480 g/mol. The molecule has 0 aliphatic carbocycles. The van der Waals surface area contributed by atoms with Crippen LogP contribution in [-0.4, -0.2) is 30.0 Å². The number of hydrogen-bond acceptors (Lipinski definition) is 6. The van der Waals surface area contributed by atoms with Gasteiger partial charge in [0.15, 0.2) is 11.5 Å². The number of para-hydroxylation sites is 1. The minimum atomic E-state index is -0.546. The average molecular weight is 481 g/mol. The van der Waals surface area contributed by atoms with Crippen molar-refractivity contribution in [2.75, 3.05) is 14.2 Å². The summed E-state index contributed by atoms with van der Waals surface area (Å²) in [6.45, 7) is 0. The van der Waals surface area contributed by atoms with Gasteiger partial charge in [-0.25, -0.2) is 5.01 Å². The highest BCUT2D eigenvalue weighted by atomic mass is 79.9. The molecule has 3 aromatic rings. The van der Waals surface area contributed by atoms with E-state index < -0.39 is 6.23 Å². The van der Waals surface area contributed by atoms with E-state index in [2.05, 4.69) is 22.0 Å². The molecule has 0 saturated heterocycles. The second-order valence-corrected chi connectivity index (χ2v) is 8.34. The van der Waals surface area contributed by atoms with Crippen molar-refractivity contribution in [1.29, 1.82) is 0 Å². The molecule has 0 saturated carbocycles. The first-order chi connectivity index (χ1) is 15.1. The summed E-state index contributed by atoms with van der Waals surface area (Å²) in [6.07, 6.45) is 0.163. The first-order valence-corrected chi connectivity index (χ1v) is 10.7. The number of methoxy groups -OCH3 is 2. The zero-order valence-electron chi connectivity index (χ0n) is 17.1. The van der Waals surface area contributed by atoms with E-state index in [4.69, 9.17) is 19.3 Å². The number of phenols is 1. The third-order valence-corrected chi connectivity index (χ3v) is 6.16. The lowest BCUT2D eigenvalue weighted by Crippen LogP contribution is -2.33. The van der Waals surface area contributed by atoms with E-state index >= 15 is 0 Å². The number of fused-ring (bicyclic) bond motifs is 3. The van der Waals surface area contributed by atoms with Crippen molar-refractivity contribution >= 4 is 21.6 Å². The SMILES string of the molecule is COc1ccc(C2=NN3[C@@H](c4cc(Br)ccc4O)Oc4ccccc4[C@@H]3C2)cc1OC. The van der Waals surface area contributed by atoms with Crippen molar-refractivity contribution in [3.8, 4) is 23.0 Å². The predicted molar refractivity (Wildman–Crippen MR) is 121 cm³/mol. The number of halogens is 1. The fraction of sp³-hybridized carbons (Fsp3) is 0.208. The first kappa shape index (κ1) is 19.8. The Morgan fingerprint density at radius 3 is 2.61 bits per heavy atom. The Bertz CT molecular complexity index is 1180. The number of hydrazone groups is 1. The van der Waals surface area contributed by atoms with Gasteiger partial charge in [0.05, 0.1) is 31.5 Å². The van der Waals surface area contributed by atoms with Gasteiger partial charge in [0, 0.05) is 22.0 Å². The molecule has 0 aromatic heterocycles. The normalized spacial score (nSPS) is 19.2. The quantitative estimate of drug-likeness (QED) is 0.540. The van der Waals surface area contributed by atoms with Gasteiger partial charge in [-0.1, -0.05) is 34.1 Å². The van der Waals surface area contributed by atoms with Crippen LogP contribution in [0.4, 0.5) is 0 Å². The van der Waals surface area contributed by atoms with E-state index in [-0.39, 0.29) is 11.8 Å². The fourth-order valence-electron chi connectivity index (χ4n) is 4.15. The number of phenolic OH excluding ortho intramolecular Hbond substituents is 1. The van der Waals surface area contributed by atoms with Gasteiger partial charge in [-0.2, -0.15) is 5.10 Å². The summed E-state index contributed by atoms with van der Waals surface area (Å²) in [6, 6.07) is 19.1. The largest absolute Gasteiger partial charge is 0.507 e. The minimum Gasteiger partial charge on any atom is -0.507 e. The Morgan fingerprint density at radius 2 is 1.81 bits per heavy atom. The van der Waals surface area contributed by atoms with Gasteiger partial charge in [-0.3, -0.25) is 0 Å². The molecule has 0 bridgehead atoms. The zero-order chi connectivity index (χ0) is 21.5. The molecule has 2 atom stereocenters. The van der Waals surface area contributed by atoms with Crippen molar-refractivity contribution in [3.63, 3.8) is 0 Å². The lowest BCUT2D eigenvalue weighted by molar-refractivity contribution is -0.0203. The number of benzene rings is 3. The summed E-state index contributed by atoms with van der Waals surface area (Å²) in [5.41, 5.74) is 3.62. The van der Waals surface area contributed by atoms with E-state index in [1.54, 1.807) is 26.4 Å². The maximum absolute atomic E-state index is 10.6. The average Bonchev–Trinajstić information content (AvgIpc) is 3.25. The smallest absolute Gasteiger partial charge is 0.217 e. The zero-order valence-corrected chi connectivity index (χ0v) is 18.7. The molecule has 1 N–H and O–H groups in total. The summed E-state index contributed by atoms with van der Waals surface area (Å²) < 4.78 is 18.0. The van der Waals surface area contributed by atoms with Gasteiger partial charge in [0.25, 0.3) is 0 Å². The molecule has 0 amide bonds. The highest BCUT2D eigenvalue weighted by molar-refractivity contribution is 9.10. The summed E-state index contributed by atoms with van der Waals surface area (Å²) >= 11 is 3.50. The molecule has 5 rings (SSSR count). The number of ether oxygens (including phenoxy) is 3. The van der Waals surface area contributed by atoms with Gasteiger partial charge < -0.3 is 19.3 Å².